The Balaban J connectivity index is 1.91. The van der Waals surface area contributed by atoms with Gasteiger partial charge in [-0.15, -0.1) is 0 Å². The van der Waals surface area contributed by atoms with Gasteiger partial charge in [-0.05, 0) is 49.6 Å². The summed E-state index contributed by atoms with van der Waals surface area (Å²) in [5.74, 6) is 0.00692. The molecule has 0 atom stereocenters. The molecule has 0 bridgehead atoms. The fraction of sp³-hybridized carbons (Fsp3) is 0.300. The first-order valence-electron chi connectivity index (χ1n) is 8.20. The lowest BCUT2D eigenvalue weighted by Crippen LogP contribution is -2.38. The summed E-state index contributed by atoms with van der Waals surface area (Å²) in [6, 6.07) is 15.1. The van der Waals surface area contributed by atoms with Gasteiger partial charge in [-0.2, -0.15) is 0 Å². The number of carbonyl (C=O) groups excluding carboxylic acids is 2. The molecule has 1 aliphatic rings. The van der Waals surface area contributed by atoms with Crippen LogP contribution in [0.3, 0.4) is 0 Å². The zero-order chi connectivity index (χ0) is 17.2. The van der Waals surface area contributed by atoms with Crippen LogP contribution in [0.5, 0.6) is 0 Å². The molecule has 0 spiro atoms. The number of ketones is 1. The van der Waals surface area contributed by atoms with E-state index in [-0.39, 0.29) is 11.7 Å². The van der Waals surface area contributed by atoms with Gasteiger partial charge in [0.25, 0.3) is 0 Å². The van der Waals surface area contributed by atoms with Crippen molar-refractivity contribution in [2.45, 2.75) is 38.0 Å². The number of carbonyl (C=O) groups is 2. The second kappa shape index (κ2) is 6.89. The molecule has 0 aliphatic heterocycles. The average molecular weight is 386 g/mol. The molecule has 1 amide bonds. The zero-order valence-electron chi connectivity index (χ0n) is 13.6. The minimum atomic E-state index is -0.490. The number of hydrogen-bond donors (Lipinski definition) is 1. The van der Waals surface area contributed by atoms with E-state index >= 15 is 0 Å². The smallest absolute Gasteiger partial charge is 0.235 e. The molecule has 0 unspecified atom stereocenters. The number of benzene rings is 2. The average Bonchev–Trinajstić information content (AvgIpc) is 3.06. The summed E-state index contributed by atoms with van der Waals surface area (Å²) in [4.78, 5) is 24.7. The van der Waals surface area contributed by atoms with Crippen molar-refractivity contribution in [1.82, 2.24) is 0 Å². The third-order valence-corrected chi connectivity index (χ3v) is 5.29. The summed E-state index contributed by atoms with van der Waals surface area (Å²) in [6.45, 7) is 1.53. The van der Waals surface area contributed by atoms with E-state index in [1.54, 1.807) is 18.2 Å². The molecule has 24 heavy (non-hydrogen) atoms. The van der Waals surface area contributed by atoms with Gasteiger partial charge >= 0.3 is 0 Å². The van der Waals surface area contributed by atoms with Gasteiger partial charge in [-0.25, -0.2) is 0 Å². The molecule has 124 valence electrons. The van der Waals surface area contributed by atoms with Crippen molar-refractivity contribution in [3.63, 3.8) is 0 Å². The highest BCUT2D eigenvalue weighted by atomic mass is 79.9. The number of amides is 1. The van der Waals surface area contributed by atoms with E-state index in [4.69, 9.17) is 0 Å². The van der Waals surface area contributed by atoms with Crippen molar-refractivity contribution in [3.8, 4) is 0 Å². The molecule has 4 heteroatoms. The van der Waals surface area contributed by atoms with E-state index in [9.17, 15) is 9.59 Å². The fourth-order valence-corrected chi connectivity index (χ4v) is 3.88. The van der Waals surface area contributed by atoms with Crippen molar-refractivity contribution < 1.29 is 9.59 Å². The first kappa shape index (κ1) is 16.9. The summed E-state index contributed by atoms with van der Waals surface area (Å²) < 4.78 is 0.984. The van der Waals surface area contributed by atoms with Crippen LogP contribution >= 0.6 is 15.9 Å². The highest BCUT2D eigenvalue weighted by Gasteiger charge is 2.42. The predicted molar refractivity (Wildman–Crippen MR) is 99.4 cm³/mol. The van der Waals surface area contributed by atoms with Gasteiger partial charge in [0.05, 0.1) is 5.41 Å². The molecule has 0 saturated heterocycles. The third kappa shape index (κ3) is 3.29. The van der Waals surface area contributed by atoms with Crippen molar-refractivity contribution in [2.75, 3.05) is 5.32 Å². The Hall–Kier alpha value is -1.94. The van der Waals surface area contributed by atoms with Crippen LogP contribution in [0.15, 0.2) is 53.0 Å². The largest absolute Gasteiger partial charge is 0.325 e. The summed E-state index contributed by atoms with van der Waals surface area (Å²) in [5.41, 5.74) is 1.84. The highest BCUT2D eigenvalue weighted by molar-refractivity contribution is 9.10. The SMILES string of the molecule is CC(=O)c1cccc(NC(=O)C2(c3cccc(Br)c3)CCCC2)c1. The van der Waals surface area contributed by atoms with E-state index < -0.39 is 5.41 Å². The van der Waals surface area contributed by atoms with Gasteiger partial charge < -0.3 is 5.32 Å². The van der Waals surface area contributed by atoms with E-state index in [0.29, 0.717) is 11.3 Å². The maximum atomic E-state index is 13.1. The Morgan fingerprint density at radius 3 is 2.42 bits per heavy atom. The quantitative estimate of drug-likeness (QED) is 0.743. The minimum absolute atomic E-state index is 0.00586. The van der Waals surface area contributed by atoms with Gasteiger partial charge in [0, 0.05) is 15.7 Å². The lowest BCUT2D eigenvalue weighted by atomic mass is 9.78. The molecular formula is C20H20BrNO2. The molecule has 1 saturated carbocycles. The van der Waals surface area contributed by atoms with Crippen molar-refractivity contribution in [2.24, 2.45) is 0 Å². The van der Waals surface area contributed by atoms with E-state index in [1.165, 1.54) is 6.92 Å². The molecule has 0 aromatic heterocycles. The lowest BCUT2D eigenvalue weighted by Gasteiger charge is -2.28. The molecule has 1 fully saturated rings. The molecular weight excluding hydrogens is 366 g/mol. The van der Waals surface area contributed by atoms with Crippen LogP contribution in [0.1, 0.15) is 48.5 Å². The Kier molecular flexibility index (Phi) is 4.86. The Labute approximate surface area is 150 Å². The lowest BCUT2D eigenvalue weighted by molar-refractivity contribution is -0.121. The Morgan fingerprint density at radius 2 is 1.75 bits per heavy atom. The summed E-state index contributed by atoms with van der Waals surface area (Å²) in [5, 5.41) is 3.03. The summed E-state index contributed by atoms with van der Waals surface area (Å²) in [7, 11) is 0. The Morgan fingerprint density at radius 1 is 1.04 bits per heavy atom. The summed E-state index contributed by atoms with van der Waals surface area (Å²) >= 11 is 3.51. The predicted octanol–water partition coefficient (Wildman–Crippen LogP) is 5.10. The third-order valence-electron chi connectivity index (χ3n) is 4.80. The zero-order valence-corrected chi connectivity index (χ0v) is 15.2. The van der Waals surface area contributed by atoms with Crippen LogP contribution in [-0.4, -0.2) is 11.7 Å². The monoisotopic (exact) mass is 385 g/mol. The molecule has 2 aromatic rings. The van der Waals surface area contributed by atoms with Crippen LogP contribution < -0.4 is 5.32 Å². The number of rotatable bonds is 4. The summed E-state index contributed by atoms with van der Waals surface area (Å²) in [6.07, 6.45) is 3.80. The van der Waals surface area contributed by atoms with Gasteiger partial charge in [0.1, 0.15) is 0 Å². The van der Waals surface area contributed by atoms with Crippen LogP contribution in [0.25, 0.3) is 0 Å². The van der Waals surface area contributed by atoms with Crippen LogP contribution in [0.4, 0.5) is 5.69 Å². The van der Waals surface area contributed by atoms with Crippen molar-refractivity contribution in [1.29, 1.82) is 0 Å². The van der Waals surface area contributed by atoms with Gasteiger partial charge in [-0.3, -0.25) is 9.59 Å². The van der Waals surface area contributed by atoms with E-state index in [2.05, 4.69) is 21.2 Å². The number of hydrogen-bond acceptors (Lipinski definition) is 2. The maximum Gasteiger partial charge on any atom is 0.235 e. The van der Waals surface area contributed by atoms with Crippen molar-refractivity contribution in [3.05, 3.63) is 64.1 Å². The molecule has 0 radical (unpaired) electrons. The first-order chi connectivity index (χ1) is 11.5. The van der Waals surface area contributed by atoms with Gasteiger partial charge in [-0.1, -0.05) is 53.0 Å². The van der Waals surface area contributed by atoms with Gasteiger partial charge in [0.15, 0.2) is 5.78 Å². The van der Waals surface area contributed by atoms with Crippen LogP contribution in [0, 0.1) is 0 Å². The second-order valence-electron chi connectivity index (χ2n) is 6.39. The molecule has 2 aromatic carbocycles. The fourth-order valence-electron chi connectivity index (χ4n) is 3.48. The molecule has 1 aliphatic carbocycles. The van der Waals surface area contributed by atoms with E-state index in [1.807, 2.05) is 30.3 Å². The first-order valence-corrected chi connectivity index (χ1v) is 8.99. The molecule has 1 N–H and O–H groups in total. The van der Waals surface area contributed by atoms with Gasteiger partial charge in [0.2, 0.25) is 5.91 Å². The molecule has 0 heterocycles. The number of anilines is 1. The van der Waals surface area contributed by atoms with Crippen LogP contribution in [-0.2, 0) is 10.2 Å². The molecule has 3 nitrogen and oxygen atoms in total. The van der Waals surface area contributed by atoms with Crippen molar-refractivity contribution >= 4 is 33.3 Å². The van der Waals surface area contributed by atoms with Crippen LogP contribution in [0.2, 0.25) is 0 Å². The minimum Gasteiger partial charge on any atom is -0.325 e. The Bertz CT molecular complexity index is 779. The van der Waals surface area contributed by atoms with E-state index in [0.717, 1.165) is 35.7 Å². The number of nitrogens with one attached hydrogen (secondary N) is 1. The standard InChI is InChI=1S/C20H20BrNO2/c1-14(23)15-6-4-9-18(12-15)22-19(24)20(10-2-3-11-20)16-7-5-8-17(21)13-16/h4-9,12-13H,2-3,10-11H2,1H3,(H,22,24). The normalized spacial score (nSPS) is 15.9. The molecule has 3 rings (SSSR count). The maximum absolute atomic E-state index is 13.1. The highest BCUT2D eigenvalue weighted by Crippen LogP contribution is 2.42. The number of halogens is 1. The second-order valence-corrected chi connectivity index (χ2v) is 7.31. The number of Topliss-reactive ketones (excluding diaryl/α,β-unsaturated/α-hetero) is 1. The topological polar surface area (TPSA) is 46.2 Å².